The number of aryl methyl sites for hydroxylation is 2. The molecule has 0 fully saturated rings. The molecule has 0 bridgehead atoms. The Morgan fingerprint density at radius 1 is 1.50 bits per heavy atom. The Bertz CT molecular complexity index is 627. The highest BCUT2D eigenvalue weighted by Gasteiger charge is 2.14. The second kappa shape index (κ2) is 5.77. The molecule has 106 valence electrons. The van der Waals surface area contributed by atoms with Gasteiger partial charge in [0.25, 0.3) is 0 Å². The fourth-order valence-corrected chi connectivity index (χ4v) is 1.73. The van der Waals surface area contributed by atoms with Gasteiger partial charge in [-0.05, 0) is 35.4 Å². The number of nitrogens with zero attached hydrogens (tertiary/aromatic N) is 4. The summed E-state index contributed by atoms with van der Waals surface area (Å²) < 4.78 is 15.1. The maximum Gasteiger partial charge on any atom is 0.306 e. The van der Waals surface area contributed by atoms with Crippen molar-refractivity contribution in [2.75, 3.05) is 0 Å². The molecular formula is C13H15FN4O2. The summed E-state index contributed by atoms with van der Waals surface area (Å²) in [6, 6.07) is 4.77. The van der Waals surface area contributed by atoms with Gasteiger partial charge in [0.1, 0.15) is 5.82 Å². The number of hydrogen-bond acceptors (Lipinski definition) is 4. The van der Waals surface area contributed by atoms with E-state index in [9.17, 15) is 9.18 Å². The minimum Gasteiger partial charge on any atom is -0.481 e. The highest BCUT2D eigenvalue weighted by atomic mass is 19.1. The lowest BCUT2D eigenvalue weighted by Crippen LogP contribution is -2.14. The van der Waals surface area contributed by atoms with Crippen LogP contribution < -0.4 is 0 Å². The zero-order chi connectivity index (χ0) is 14.7. The highest BCUT2D eigenvalue weighted by molar-refractivity contribution is 5.69. The van der Waals surface area contributed by atoms with Gasteiger partial charge in [0.2, 0.25) is 0 Å². The number of carbonyl (C=O) groups is 1. The Balaban J connectivity index is 2.19. The molecule has 0 saturated carbocycles. The molecular weight excluding hydrogens is 263 g/mol. The third kappa shape index (κ3) is 2.98. The van der Waals surface area contributed by atoms with E-state index >= 15 is 0 Å². The van der Waals surface area contributed by atoms with Crippen LogP contribution in [-0.2, 0) is 11.3 Å². The van der Waals surface area contributed by atoms with Crippen LogP contribution in [0.5, 0.6) is 0 Å². The van der Waals surface area contributed by atoms with Gasteiger partial charge in [-0.2, -0.15) is 0 Å². The molecule has 2 rings (SSSR count). The first-order valence-electron chi connectivity index (χ1n) is 6.24. The summed E-state index contributed by atoms with van der Waals surface area (Å²) >= 11 is 0. The van der Waals surface area contributed by atoms with Crippen LogP contribution in [0.25, 0.3) is 11.4 Å². The average Bonchev–Trinajstić information content (AvgIpc) is 2.87. The predicted octanol–water partition coefficient (Wildman–Crippen LogP) is 1.90. The molecule has 1 aromatic heterocycles. The topological polar surface area (TPSA) is 80.9 Å². The van der Waals surface area contributed by atoms with E-state index in [4.69, 9.17) is 5.11 Å². The predicted molar refractivity (Wildman–Crippen MR) is 69.4 cm³/mol. The Kier molecular flexibility index (Phi) is 4.07. The number of hydrogen-bond donors (Lipinski definition) is 1. The highest BCUT2D eigenvalue weighted by Crippen LogP contribution is 2.19. The summed E-state index contributed by atoms with van der Waals surface area (Å²) in [5, 5.41) is 20.1. The molecule has 0 radical (unpaired) electrons. The first-order valence-corrected chi connectivity index (χ1v) is 6.24. The van der Waals surface area contributed by atoms with Gasteiger partial charge in [0.15, 0.2) is 5.82 Å². The van der Waals surface area contributed by atoms with Gasteiger partial charge in [-0.25, -0.2) is 9.07 Å². The SMILES string of the molecule is Cc1ccc(-c2nnnn2CCC(C)C(=O)O)cc1F. The van der Waals surface area contributed by atoms with Crippen LogP contribution in [0.15, 0.2) is 18.2 Å². The van der Waals surface area contributed by atoms with E-state index < -0.39 is 11.9 Å². The van der Waals surface area contributed by atoms with Gasteiger partial charge >= 0.3 is 5.97 Å². The van der Waals surface area contributed by atoms with Crippen LogP contribution in [0, 0.1) is 18.7 Å². The minimum atomic E-state index is -0.860. The van der Waals surface area contributed by atoms with Crippen molar-refractivity contribution in [3.8, 4) is 11.4 Å². The monoisotopic (exact) mass is 278 g/mol. The molecule has 0 amide bonds. The van der Waals surface area contributed by atoms with Crippen LogP contribution in [-0.4, -0.2) is 31.3 Å². The largest absolute Gasteiger partial charge is 0.481 e. The van der Waals surface area contributed by atoms with E-state index in [0.717, 1.165) is 0 Å². The van der Waals surface area contributed by atoms with Crippen LogP contribution in [0.1, 0.15) is 18.9 Å². The molecule has 2 aromatic rings. The number of aromatic nitrogens is 4. The van der Waals surface area contributed by atoms with E-state index in [0.29, 0.717) is 29.9 Å². The maximum absolute atomic E-state index is 13.6. The smallest absolute Gasteiger partial charge is 0.306 e. The Morgan fingerprint density at radius 3 is 2.90 bits per heavy atom. The molecule has 0 spiro atoms. The van der Waals surface area contributed by atoms with Gasteiger partial charge in [-0.1, -0.05) is 19.1 Å². The van der Waals surface area contributed by atoms with Crippen molar-refractivity contribution >= 4 is 5.97 Å². The number of benzene rings is 1. The normalized spacial score (nSPS) is 12.3. The molecule has 1 aromatic carbocycles. The standard InChI is InChI=1S/C13H15FN4O2/c1-8-3-4-10(7-11(8)14)12-15-16-17-18(12)6-5-9(2)13(19)20/h3-4,7,9H,5-6H2,1-2H3,(H,19,20). The number of halogens is 1. The summed E-state index contributed by atoms with van der Waals surface area (Å²) in [4.78, 5) is 10.8. The lowest BCUT2D eigenvalue weighted by molar-refractivity contribution is -0.141. The van der Waals surface area contributed by atoms with Crippen LogP contribution in [0.4, 0.5) is 4.39 Å². The van der Waals surface area contributed by atoms with Gasteiger partial charge in [-0.15, -0.1) is 5.10 Å². The molecule has 0 aliphatic carbocycles. The Hall–Kier alpha value is -2.31. The first kappa shape index (κ1) is 14.1. The Labute approximate surface area is 115 Å². The number of carboxylic acid groups (broad SMARTS) is 1. The molecule has 7 heteroatoms. The Morgan fingerprint density at radius 2 is 2.25 bits per heavy atom. The van der Waals surface area contributed by atoms with E-state index in [2.05, 4.69) is 15.5 Å². The van der Waals surface area contributed by atoms with Crippen molar-refractivity contribution in [3.05, 3.63) is 29.6 Å². The molecule has 0 aliphatic rings. The second-order valence-electron chi connectivity index (χ2n) is 4.72. The summed E-state index contributed by atoms with van der Waals surface area (Å²) in [6.07, 6.45) is 0.404. The second-order valence-corrected chi connectivity index (χ2v) is 4.72. The van der Waals surface area contributed by atoms with Crippen LogP contribution >= 0.6 is 0 Å². The van der Waals surface area contributed by atoms with Gasteiger partial charge in [-0.3, -0.25) is 4.79 Å². The molecule has 6 nitrogen and oxygen atoms in total. The maximum atomic E-state index is 13.6. The fraction of sp³-hybridized carbons (Fsp3) is 0.385. The first-order chi connectivity index (χ1) is 9.49. The van der Waals surface area contributed by atoms with Gasteiger partial charge in [0.05, 0.1) is 5.92 Å². The lowest BCUT2D eigenvalue weighted by atomic mass is 10.1. The van der Waals surface area contributed by atoms with Crippen LogP contribution in [0.2, 0.25) is 0 Å². The number of rotatable bonds is 5. The van der Waals surface area contributed by atoms with Crippen molar-refractivity contribution in [1.29, 1.82) is 0 Å². The van der Waals surface area contributed by atoms with Crippen molar-refractivity contribution in [2.45, 2.75) is 26.8 Å². The summed E-state index contributed by atoms with van der Waals surface area (Å²) in [6.45, 7) is 3.67. The summed E-state index contributed by atoms with van der Waals surface area (Å²) in [5.41, 5.74) is 1.12. The minimum absolute atomic E-state index is 0.323. The molecule has 1 unspecified atom stereocenters. The average molecular weight is 278 g/mol. The van der Waals surface area contributed by atoms with Crippen molar-refractivity contribution in [2.24, 2.45) is 5.92 Å². The third-order valence-electron chi connectivity index (χ3n) is 3.16. The zero-order valence-electron chi connectivity index (χ0n) is 11.2. The van der Waals surface area contributed by atoms with Crippen molar-refractivity contribution in [1.82, 2.24) is 20.2 Å². The number of aliphatic carboxylic acids is 1. The van der Waals surface area contributed by atoms with E-state index in [1.54, 1.807) is 26.0 Å². The summed E-state index contributed by atoms with van der Waals surface area (Å²) in [5.74, 6) is -1.24. The third-order valence-corrected chi connectivity index (χ3v) is 3.16. The van der Waals surface area contributed by atoms with Crippen molar-refractivity contribution < 1.29 is 14.3 Å². The van der Waals surface area contributed by atoms with Crippen LogP contribution in [0.3, 0.4) is 0 Å². The molecule has 1 atom stereocenters. The summed E-state index contributed by atoms with van der Waals surface area (Å²) in [7, 11) is 0. The quantitative estimate of drug-likeness (QED) is 0.903. The zero-order valence-corrected chi connectivity index (χ0v) is 11.2. The van der Waals surface area contributed by atoms with Gasteiger partial charge < -0.3 is 5.11 Å². The van der Waals surface area contributed by atoms with Crippen molar-refractivity contribution in [3.63, 3.8) is 0 Å². The molecule has 1 N–H and O–H groups in total. The number of tetrazole rings is 1. The fourth-order valence-electron chi connectivity index (χ4n) is 1.73. The van der Waals surface area contributed by atoms with E-state index in [1.165, 1.54) is 10.7 Å². The number of carboxylic acids is 1. The molecule has 0 aliphatic heterocycles. The molecule has 20 heavy (non-hydrogen) atoms. The van der Waals surface area contributed by atoms with Gasteiger partial charge in [0, 0.05) is 12.1 Å². The molecule has 0 saturated heterocycles. The lowest BCUT2D eigenvalue weighted by Gasteiger charge is -2.08. The van der Waals surface area contributed by atoms with E-state index in [-0.39, 0.29) is 5.82 Å². The van der Waals surface area contributed by atoms with E-state index in [1.807, 2.05) is 0 Å². The molecule has 1 heterocycles.